The van der Waals surface area contributed by atoms with Gasteiger partial charge in [-0.2, -0.15) is 5.10 Å². The van der Waals surface area contributed by atoms with Crippen molar-refractivity contribution in [2.45, 2.75) is 38.6 Å². The number of thiophene rings is 1. The van der Waals surface area contributed by atoms with Crippen LogP contribution < -0.4 is 0 Å². The van der Waals surface area contributed by atoms with Crippen molar-refractivity contribution in [2.75, 3.05) is 0 Å². The van der Waals surface area contributed by atoms with E-state index in [0.717, 1.165) is 32.6 Å². The molecule has 6 nitrogen and oxygen atoms in total. The number of benzene rings is 1. The number of amides is 1. The lowest BCUT2D eigenvalue weighted by molar-refractivity contribution is -0.137. The molecule has 1 amide bonds. The molecular formula is C22H20ClN3O3S. The Hall–Kier alpha value is -2.77. The first-order valence-corrected chi connectivity index (χ1v) is 10.9. The predicted octanol–water partition coefficient (Wildman–Crippen LogP) is 5.19. The third-order valence-electron chi connectivity index (χ3n) is 5.06. The van der Waals surface area contributed by atoms with Crippen LogP contribution in [-0.2, 0) is 9.59 Å². The van der Waals surface area contributed by atoms with Gasteiger partial charge in [0.15, 0.2) is 0 Å². The van der Waals surface area contributed by atoms with Crippen LogP contribution in [0.15, 0.2) is 46.9 Å². The van der Waals surface area contributed by atoms with Crippen LogP contribution in [0.3, 0.4) is 0 Å². The van der Waals surface area contributed by atoms with Gasteiger partial charge >= 0.3 is 5.97 Å². The van der Waals surface area contributed by atoms with Crippen molar-refractivity contribution in [3.05, 3.63) is 62.9 Å². The highest BCUT2D eigenvalue weighted by Gasteiger charge is 2.35. The molecule has 1 aromatic carbocycles. The first-order chi connectivity index (χ1) is 14.4. The molecule has 154 valence electrons. The number of carboxylic acids is 1. The van der Waals surface area contributed by atoms with Gasteiger partial charge in [-0.25, -0.2) is 9.99 Å². The van der Waals surface area contributed by atoms with Gasteiger partial charge in [-0.3, -0.25) is 9.59 Å². The van der Waals surface area contributed by atoms with Crippen LogP contribution in [0, 0.1) is 6.92 Å². The second kappa shape index (κ2) is 8.53. The Labute approximate surface area is 182 Å². The third-order valence-corrected chi connectivity index (χ3v) is 6.28. The Bertz CT molecular complexity index is 1140. The lowest BCUT2D eigenvalue weighted by Crippen LogP contribution is -2.27. The number of aryl methyl sites for hydroxylation is 1. The number of fused-ring (bicyclic) bond motifs is 1. The van der Waals surface area contributed by atoms with E-state index in [4.69, 9.17) is 16.7 Å². The van der Waals surface area contributed by atoms with Crippen LogP contribution >= 0.6 is 22.9 Å². The molecule has 3 aromatic rings. The predicted molar refractivity (Wildman–Crippen MR) is 118 cm³/mol. The van der Waals surface area contributed by atoms with Crippen molar-refractivity contribution in [2.24, 2.45) is 5.10 Å². The summed E-state index contributed by atoms with van der Waals surface area (Å²) >= 11 is 8.10. The van der Waals surface area contributed by atoms with Crippen molar-refractivity contribution < 1.29 is 14.7 Å². The van der Waals surface area contributed by atoms with Crippen LogP contribution in [0.1, 0.15) is 47.7 Å². The number of hydrazone groups is 1. The lowest BCUT2D eigenvalue weighted by atomic mass is 10.00. The van der Waals surface area contributed by atoms with E-state index in [9.17, 15) is 9.59 Å². The van der Waals surface area contributed by atoms with Gasteiger partial charge in [0.1, 0.15) is 5.15 Å². The fourth-order valence-corrected chi connectivity index (χ4v) is 4.59. The largest absolute Gasteiger partial charge is 0.481 e. The summed E-state index contributed by atoms with van der Waals surface area (Å²) in [5, 5.41) is 18.2. The zero-order valence-corrected chi connectivity index (χ0v) is 17.9. The summed E-state index contributed by atoms with van der Waals surface area (Å²) in [5.74, 6) is -1.13. The summed E-state index contributed by atoms with van der Waals surface area (Å²) < 4.78 is 0. The molecule has 0 aliphatic carbocycles. The monoisotopic (exact) mass is 441 g/mol. The number of rotatable bonds is 6. The first kappa shape index (κ1) is 20.5. The number of carboxylic acid groups (broad SMARTS) is 1. The molecule has 0 saturated carbocycles. The van der Waals surface area contributed by atoms with Crippen molar-refractivity contribution in [3.63, 3.8) is 0 Å². The number of halogens is 1. The maximum absolute atomic E-state index is 12.9. The van der Waals surface area contributed by atoms with Gasteiger partial charge in [-0.15, -0.1) is 11.3 Å². The molecule has 1 aliphatic heterocycles. The molecule has 1 N–H and O–H groups in total. The summed E-state index contributed by atoms with van der Waals surface area (Å²) in [6, 6.07) is 11.5. The number of pyridine rings is 1. The van der Waals surface area contributed by atoms with Gasteiger partial charge in [0, 0.05) is 30.2 Å². The van der Waals surface area contributed by atoms with E-state index >= 15 is 0 Å². The molecule has 8 heteroatoms. The minimum atomic E-state index is -0.916. The van der Waals surface area contributed by atoms with Crippen LogP contribution in [0.25, 0.3) is 10.9 Å². The first-order valence-electron chi connectivity index (χ1n) is 9.64. The van der Waals surface area contributed by atoms with Crippen LogP contribution in [0.4, 0.5) is 0 Å². The second-order valence-electron chi connectivity index (χ2n) is 7.29. The zero-order valence-electron chi connectivity index (χ0n) is 16.3. The van der Waals surface area contributed by atoms with Gasteiger partial charge in [-0.1, -0.05) is 29.3 Å². The molecule has 4 rings (SSSR count). The van der Waals surface area contributed by atoms with Gasteiger partial charge in [0.2, 0.25) is 5.91 Å². The van der Waals surface area contributed by atoms with Crippen LogP contribution in [0.2, 0.25) is 5.15 Å². The summed E-state index contributed by atoms with van der Waals surface area (Å²) in [6.45, 7) is 2.01. The highest BCUT2D eigenvalue weighted by Crippen LogP contribution is 2.38. The number of carbonyl (C=O) groups is 2. The van der Waals surface area contributed by atoms with E-state index in [1.165, 1.54) is 5.01 Å². The minimum absolute atomic E-state index is 0.0523. The van der Waals surface area contributed by atoms with E-state index in [0.29, 0.717) is 11.6 Å². The SMILES string of the molecule is Cc1ccc2nc(Cl)c([C@H]3CC(c4cccs4)=NN3C(=O)CCCC(=O)O)cc2c1. The van der Waals surface area contributed by atoms with Crippen molar-refractivity contribution >= 4 is 51.4 Å². The van der Waals surface area contributed by atoms with Gasteiger partial charge in [-0.05, 0) is 43.0 Å². The topological polar surface area (TPSA) is 82.9 Å². The van der Waals surface area contributed by atoms with Gasteiger partial charge in [0.05, 0.1) is 22.1 Å². The zero-order chi connectivity index (χ0) is 21.3. The Kier molecular flexibility index (Phi) is 5.83. The molecule has 30 heavy (non-hydrogen) atoms. The lowest BCUT2D eigenvalue weighted by Gasteiger charge is -2.23. The van der Waals surface area contributed by atoms with Crippen LogP contribution in [0.5, 0.6) is 0 Å². The summed E-state index contributed by atoms with van der Waals surface area (Å²) in [6.07, 6.45) is 0.860. The molecule has 0 fully saturated rings. The Morgan fingerprint density at radius 3 is 2.83 bits per heavy atom. The molecule has 0 spiro atoms. The average molecular weight is 442 g/mol. The summed E-state index contributed by atoms with van der Waals surface area (Å²) in [7, 11) is 0. The number of hydrogen-bond donors (Lipinski definition) is 1. The Morgan fingerprint density at radius 2 is 2.10 bits per heavy atom. The summed E-state index contributed by atoms with van der Waals surface area (Å²) in [5.41, 5.74) is 3.48. The highest BCUT2D eigenvalue weighted by atomic mass is 35.5. The molecule has 1 aliphatic rings. The number of nitrogens with zero attached hydrogens (tertiary/aromatic N) is 3. The molecule has 0 unspecified atom stereocenters. The Balaban J connectivity index is 1.69. The number of carbonyl (C=O) groups excluding carboxylic acids is 1. The molecule has 1 atom stereocenters. The molecule has 0 saturated heterocycles. The van der Waals surface area contributed by atoms with Crippen LogP contribution in [-0.4, -0.2) is 32.7 Å². The maximum atomic E-state index is 12.9. The van der Waals surface area contributed by atoms with Gasteiger partial charge in [0.25, 0.3) is 0 Å². The van der Waals surface area contributed by atoms with Crippen molar-refractivity contribution in [1.29, 1.82) is 0 Å². The Morgan fingerprint density at radius 1 is 1.27 bits per heavy atom. The molecular weight excluding hydrogens is 422 g/mol. The number of aromatic nitrogens is 1. The van der Waals surface area contributed by atoms with E-state index in [1.807, 2.05) is 48.7 Å². The normalized spacial score (nSPS) is 16.1. The highest BCUT2D eigenvalue weighted by molar-refractivity contribution is 7.12. The van der Waals surface area contributed by atoms with E-state index in [1.54, 1.807) is 11.3 Å². The summed E-state index contributed by atoms with van der Waals surface area (Å²) in [4.78, 5) is 29.3. The number of aliphatic carboxylic acids is 1. The molecule has 3 heterocycles. The fraction of sp³-hybridized carbons (Fsp3) is 0.273. The van der Waals surface area contributed by atoms with Crippen molar-refractivity contribution in [3.8, 4) is 0 Å². The standard InChI is InChI=1S/C22H20ClN3O3S/c1-13-7-8-16-14(10-13)11-15(22(23)24-16)18-12-17(19-4-3-9-30-19)25-26(18)20(27)5-2-6-21(28)29/h3-4,7-11,18H,2,5-6,12H2,1H3,(H,28,29)/t18-/m1/s1. The molecule has 0 bridgehead atoms. The van der Waals surface area contributed by atoms with E-state index in [-0.39, 0.29) is 31.2 Å². The second-order valence-corrected chi connectivity index (χ2v) is 8.60. The third kappa shape index (κ3) is 4.22. The van der Waals surface area contributed by atoms with E-state index in [2.05, 4.69) is 10.1 Å². The van der Waals surface area contributed by atoms with Gasteiger partial charge < -0.3 is 5.11 Å². The van der Waals surface area contributed by atoms with E-state index < -0.39 is 5.97 Å². The molecule has 2 aromatic heterocycles. The molecule has 0 radical (unpaired) electrons. The number of hydrogen-bond acceptors (Lipinski definition) is 5. The van der Waals surface area contributed by atoms with Crippen molar-refractivity contribution in [1.82, 2.24) is 9.99 Å². The quantitative estimate of drug-likeness (QED) is 0.533. The average Bonchev–Trinajstić information content (AvgIpc) is 3.37. The minimum Gasteiger partial charge on any atom is -0.481 e. The fourth-order valence-electron chi connectivity index (χ4n) is 3.60. The maximum Gasteiger partial charge on any atom is 0.303 e. The smallest absolute Gasteiger partial charge is 0.303 e.